The van der Waals surface area contributed by atoms with Crippen LogP contribution in [0.15, 0.2) is 12.1 Å². The van der Waals surface area contributed by atoms with E-state index in [4.69, 9.17) is 10.5 Å². The van der Waals surface area contributed by atoms with Crippen molar-refractivity contribution in [3.8, 4) is 5.88 Å². The molecule has 2 heterocycles. The van der Waals surface area contributed by atoms with Crippen molar-refractivity contribution >= 4 is 23.3 Å². The minimum absolute atomic E-state index is 0.598. The summed E-state index contributed by atoms with van der Waals surface area (Å²) in [5.74, 6) is 4.62. The third kappa shape index (κ3) is 3.43. The summed E-state index contributed by atoms with van der Waals surface area (Å²) >= 11 is 2.04. The van der Waals surface area contributed by atoms with E-state index in [1.165, 1.54) is 24.3 Å². The van der Waals surface area contributed by atoms with Gasteiger partial charge >= 0.3 is 0 Å². The van der Waals surface area contributed by atoms with Gasteiger partial charge in [0.05, 0.1) is 12.8 Å². The fraction of sp³-hybridized carbons (Fsp3) is 0.583. The Morgan fingerprint density at radius 2 is 2.24 bits per heavy atom. The molecular weight excluding hydrogens is 234 g/mol. The predicted molar refractivity (Wildman–Crippen MR) is 73.7 cm³/mol. The maximum Gasteiger partial charge on any atom is 0.215 e. The number of anilines is 2. The minimum atomic E-state index is 0.598. The molecule has 1 aromatic heterocycles. The summed E-state index contributed by atoms with van der Waals surface area (Å²) in [6.07, 6.45) is 2.56. The van der Waals surface area contributed by atoms with E-state index in [0.717, 1.165) is 18.3 Å². The second-order valence-corrected chi connectivity index (χ2v) is 5.45. The lowest BCUT2D eigenvalue weighted by Crippen LogP contribution is -2.20. The lowest BCUT2D eigenvalue weighted by molar-refractivity contribution is 0.398. The summed E-state index contributed by atoms with van der Waals surface area (Å²) in [7, 11) is 1.61. The Morgan fingerprint density at radius 1 is 1.47 bits per heavy atom. The zero-order chi connectivity index (χ0) is 12.1. The Bertz CT molecular complexity index is 367. The number of ether oxygens (including phenoxy) is 1. The Balaban J connectivity index is 1.92. The molecule has 0 radical (unpaired) electrons. The summed E-state index contributed by atoms with van der Waals surface area (Å²) < 4.78 is 5.09. The molecule has 5 heteroatoms. The average Bonchev–Trinajstić information content (AvgIpc) is 2.39. The van der Waals surface area contributed by atoms with Gasteiger partial charge < -0.3 is 15.8 Å². The summed E-state index contributed by atoms with van der Waals surface area (Å²) in [5, 5.41) is 3.33. The number of nitrogens with zero attached hydrogens (tertiary/aromatic N) is 1. The third-order valence-electron chi connectivity index (χ3n) is 3.01. The second-order valence-electron chi connectivity index (χ2n) is 4.23. The van der Waals surface area contributed by atoms with Crippen molar-refractivity contribution in [2.24, 2.45) is 5.92 Å². The van der Waals surface area contributed by atoms with Gasteiger partial charge in [0.25, 0.3) is 0 Å². The number of nitrogens with two attached hydrogens (primary N) is 1. The molecule has 17 heavy (non-hydrogen) atoms. The topological polar surface area (TPSA) is 60.2 Å². The highest BCUT2D eigenvalue weighted by atomic mass is 32.2. The number of nitrogens with one attached hydrogen (secondary N) is 1. The first kappa shape index (κ1) is 12.4. The van der Waals surface area contributed by atoms with Crippen LogP contribution < -0.4 is 15.8 Å². The van der Waals surface area contributed by atoms with Crippen molar-refractivity contribution in [2.75, 3.05) is 36.2 Å². The van der Waals surface area contributed by atoms with E-state index in [1.54, 1.807) is 13.2 Å². The molecule has 1 aromatic rings. The van der Waals surface area contributed by atoms with Crippen LogP contribution >= 0.6 is 11.8 Å². The first-order valence-corrected chi connectivity index (χ1v) is 7.07. The molecule has 4 nitrogen and oxygen atoms in total. The smallest absolute Gasteiger partial charge is 0.215 e. The number of hydrogen-bond acceptors (Lipinski definition) is 5. The second kappa shape index (κ2) is 6.00. The maximum absolute atomic E-state index is 5.88. The van der Waals surface area contributed by atoms with Crippen molar-refractivity contribution in [1.82, 2.24) is 4.98 Å². The Hall–Kier alpha value is -1.10. The number of rotatable bonds is 4. The molecule has 1 aliphatic heterocycles. The van der Waals surface area contributed by atoms with Crippen molar-refractivity contribution in [1.29, 1.82) is 0 Å². The number of aromatic nitrogens is 1. The van der Waals surface area contributed by atoms with Crippen LogP contribution in [0, 0.1) is 5.92 Å². The Labute approximate surface area is 106 Å². The third-order valence-corrected chi connectivity index (χ3v) is 4.06. The normalized spacial score (nSPS) is 16.8. The Kier molecular flexibility index (Phi) is 4.36. The number of hydrogen-bond donors (Lipinski definition) is 2. The molecule has 0 atom stereocenters. The standard InChI is InChI=1S/C12H19N3OS/c1-16-11-3-2-10(13)12(15-11)14-8-9-4-6-17-7-5-9/h2-3,9H,4-8,13H2,1H3,(H,14,15). The molecule has 0 amide bonds. The van der Waals surface area contributed by atoms with Crippen LogP contribution in [0.1, 0.15) is 12.8 Å². The van der Waals surface area contributed by atoms with Gasteiger partial charge in [-0.3, -0.25) is 0 Å². The zero-order valence-electron chi connectivity index (χ0n) is 10.1. The van der Waals surface area contributed by atoms with Gasteiger partial charge in [-0.15, -0.1) is 0 Å². The minimum Gasteiger partial charge on any atom is -0.481 e. The SMILES string of the molecule is COc1ccc(N)c(NCC2CCSCC2)n1. The molecule has 1 saturated heterocycles. The van der Waals surface area contributed by atoms with Crippen LogP contribution in [-0.4, -0.2) is 30.1 Å². The maximum atomic E-state index is 5.88. The highest BCUT2D eigenvalue weighted by Crippen LogP contribution is 2.24. The van der Waals surface area contributed by atoms with Crippen molar-refractivity contribution in [3.63, 3.8) is 0 Å². The van der Waals surface area contributed by atoms with Crippen molar-refractivity contribution < 1.29 is 4.74 Å². The van der Waals surface area contributed by atoms with Crippen LogP contribution in [0.3, 0.4) is 0 Å². The Morgan fingerprint density at radius 3 is 2.94 bits per heavy atom. The first-order valence-electron chi connectivity index (χ1n) is 5.91. The van der Waals surface area contributed by atoms with E-state index < -0.39 is 0 Å². The first-order chi connectivity index (χ1) is 8.29. The van der Waals surface area contributed by atoms with E-state index >= 15 is 0 Å². The van der Waals surface area contributed by atoms with Gasteiger partial charge in [0.2, 0.25) is 5.88 Å². The fourth-order valence-corrected chi connectivity index (χ4v) is 3.10. The monoisotopic (exact) mass is 253 g/mol. The van der Waals surface area contributed by atoms with Gasteiger partial charge in [-0.05, 0) is 36.3 Å². The van der Waals surface area contributed by atoms with Crippen LogP contribution in [0.4, 0.5) is 11.5 Å². The van der Waals surface area contributed by atoms with E-state index in [0.29, 0.717) is 11.6 Å². The lowest BCUT2D eigenvalue weighted by atomic mass is 10.0. The number of thioether (sulfide) groups is 1. The van der Waals surface area contributed by atoms with Crippen LogP contribution in [0.2, 0.25) is 0 Å². The fourth-order valence-electron chi connectivity index (χ4n) is 1.90. The van der Waals surface area contributed by atoms with E-state index in [-0.39, 0.29) is 0 Å². The molecule has 2 rings (SSSR count). The molecule has 1 aliphatic rings. The van der Waals surface area contributed by atoms with Gasteiger partial charge in [0.1, 0.15) is 0 Å². The van der Waals surface area contributed by atoms with Crippen LogP contribution in [-0.2, 0) is 0 Å². The van der Waals surface area contributed by atoms with Crippen LogP contribution in [0.25, 0.3) is 0 Å². The molecule has 0 aliphatic carbocycles. The summed E-state index contributed by atoms with van der Waals surface area (Å²) in [6.45, 7) is 0.949. The van der Waals surface area contributed by atoms with Crippen LogP contribution in [0.5, 0.6) is 5.88 Å². The molecule has 3 N–H and O–H groups in total. The lowest BCUT2D eigenvalue weighted by Gasteiger charge is -2.22. The van der Waals surface area contributed by atoms with Gasteiger partial charge in [0, 0.05) is 12.6 Å². The number of nitrogen functional groups attached to an aromatic ring is 1. The van der Waals surface area contributed by atoms with Gasteiger partial charge in [-0.25, -0.2) is 0 Å². The van der Waals surface area contributed by atoms with E-state index in [9.17, 15) is 0 Å². The van der Waals surface area contributed by atoms with Crippen molar-refractivity contribution in [3.05, 3.63) is 12.1 Å². The summed E-state index contributed by atoms with van der Waals surface area (Å²) in [6, 6.07) is 3.60. The molecule has 0 bridgehead atoms. The zero-order valence-corrected chi connectivity index (χ0v) is 10.9. The highest BCUT2D eigenvalue weighted by molar-refractivity contribution is 7.99. The van der Waals surface area contributed by atoms with Gasteiger partial charge in [0.15, 0.2) is 5.82 Å². The summed E-state index contributed by atoms with van der Waals surface area (Å²) in [4.78, 5) is 4.31. The molecule has 94 valence electrons. The van der Waals surface area contributed by atoms with E-state index in [1.807, 2.05) is 17.8 Å². The quantitative estimate of drug-likeness (QED) is 0.861. The predicted octanol–water partition coefficient (Wildman–Crippen LogP) is 2.23. The average molecular weight is 253 g/mol. The molecule has 1 fully saturated rings. The number of methoxy groups -OCH3 is 1. The largest absolute Gasteiger partial charge is 0.481 e. The highest BCUT2D eigenvalue weighted by Gasteiger charge is 2.14. The molecule has 0 aromatic carbocycles. The van der Waals surface area contributed by atoms with Gasteiger partial charge in [-0.1, -0.05) is 0 Å². The number of pyridine rings is 1. The summed E-state index contributed by atoms with van der Waals surface area (Å²) in [5.41, 5.74) is 6.55. The molecule has 0 saturated carbocycles. The van der Waals surface area contributed by atoms with Gasteiger partial charge in [-0.2, -0.15) is 16.7 Å². The molecule has 0 spiro atoms. The van der Waals surface area contributed by atoms with E-state index in [2.05, 4.69) is 10.3 Å². The van der Waals surface area contributed by atoms with Crippen molar-refractivity contribution in [2.45, 2.75) is 12.8 Å². The molecule has 0 unspecified atom stereocenters. The molecular formula is C12H19N3OS.